The SMILES string of the molecule is CCOC(=O)C(N)Cc1ccc(S(=O)(=O)Cc2c(Cl)cccc2Cl)cc1. The topological polar surface area (TPSA) is 86.5 Å². The number of hydrogen-bond donors (Lipinski definition) is 1. The fourth-order valence-corrected chi connectivity index (χ4v) is 4.46. The van der Waals surface area contributed by atoms with Crippen molar-refractivity contribution in [2.24, 2.45) is 5.73 Å². The number of benzene rings is 2. The van der Waals surface area contributed by atoms with Crippen LogP contribution in [0.2, 0.25) is 10.0 Å². The van der Waals surface area contributed by atoms with Gasteiger partial charge in [-0.25, -0.2) is 8.42 Å². The molecule has 1 atom stereocenters. The van der Waals surface area contributed by atoms with Crippen LogP contribution in [0.25, 0.3) is 0 Å². The van der Waals surface area contributed by atoms with Crippen LogP contribution in [0, 0.1) is 0 Å². The van der Waals surface area contributed by atoms with Gasteiger partial charge in [-0.15, -0.1) is 0 Å². The summed E-state index contributed by atoms with van der Waals surface area (Å²) in [6.07, 6.45) is 0.259. The summed E-state index contributed by atoms with van der Waals surface area (Å²) in [5.74, 6) is -0.787. The highest BCUT2D eigenvalue weighted by Gasteiger charge is 2.20. The molecule has 8 heteroatoms. The van der Waals surface area contributed by atoms with Crippen LogP contribution >= 0.6 is 23.2 Å². The van der Waals surface area contributed by atoms with E-state index in [4.69, 9.17) is 33.7 Å². The van der Waals surface area contributed by atoms with E-state index in [1.807, 2.05) is 0 Å². The van der Waals surface area contributed by atoms with Crippen molar-refractivity contribution >= 4 is 39.0 Å². The molecular weight excluding hydrogens is 397 g/mol. The third kappa shape index (κ3) is 5.20. The van der Waals surface area contributed by atoms with Gasteiger partial charge in [-0.3, -0.25) is 4.79 Å². The third-order valence-corrected chi connectivity index (χ3v) is 6.09. The molecule has 1 unspecified atom stereocenters. The van der Waals surface area contributed by atoms with E-state index in [9.17, 15) is 13.2 Å². The molecule has 0 aliphatic carbocycles. The molecule has 0 fully saturated rings. The van der Waals surface area contributed by atoms with Crippen LogP contribution in [0.4, 0.5) is 0 Å². The van der Waals surface area contributed by atoms with Crippen LogP contribution in [-0.2, 0) is 31.5 Å². The van der Waals surface area contributed by atoms with E-state index in [1.165, 1.54) is 12.1 Å². The molecule has 2 N–H and O–H groups in total. The lowest BCUT2D eigenvalue weighted by Crippen LogP contribution is -2.34. The van der Waals surface area contributed by atoms with Gasteiger partial charge in [0, 0.05) is 15.6 Å². The summed E-state index contributed by atoms with van der Waals surface area (Å²) >= 11 is 12.1. The molecule has 2 aromatic carbocycles. The second kappa shape index (κ2) is 8.86. The number of esters is 1. The van der Waals surface area contributed by atoms with E-state index in [-0.39, 0.29) is 23.7 Å². The molecule has 0 aliphatic rings. The molecule has 0 aromatic heterocycles. The van der Waals surface area contributed by atoms with Crippen molar-refractivity contribution < 1.29 is 17.9 Å². The number of carbonyl (C=O) groups is 1. The first-order valence-electron chi connectivity index (χ1n) is 7.91. The first-order chi connectivity index (χ1) is 12.2. The molecule has 0 saturated carbocycles. The lowest BCUT2D eigenvalue weighted by molar-refractivity contribution is -0.144. The standard InChI is InChI=1S/C18H19Cl2NO4S/c1-2-25-18(22)17(21)10-12-6-8-13(9-7-12)26(23,24)11-14-15(19)4-3-5-16(14)20/h3-9,17H,2,10-11,21H2,1H3. The van der Waals surface area contributed by atoms with E-state index in [1.54, 1.807) is 37.3 Å². The van der Waals surface area contributed by atoms with Crippen LogP contribution in [0.1, 0.15) is 18.1 Å². The zero-order chi connectivity index (χ0) is 19.3. The second-order valence-corrected chi connectivity index (χ2v) is 8.47. The Hall–Kier alpha value is -1.60. The van der Waals surface area contributed by atoms with E-state index in [0.29, 0.717) is 15.6 Å². The highest BCUT2D eigenvalue weighted by molar-refractivity contribution is 7.90. The van der Waals surface area contributed by atoms with Crippen molar-refractivity contribution in [1.29, 1.82) is 0 Å². The highest BCUT2D eigenvalue weighted by atomic mass is 35.5. The Morgan fingerprint density at radius 1 is 1.12 bits per heavy atom. The predicted molar refractivity (Wildman–Crippen MR) is 102 cm³/mol. The summed E-state index contributed by atoms with van der Waals surface area (Å²) in [6.45, 7) is 1.96. The summed E-state index contributed by atoms with van der Waals surface area (Å²) in [5.41, 5.74) is 6.87. The Morgan fingerprint density at radius 2 is 1.69 bits per heavy atom. The second-order valence-electron chi connectivity index (χ2n) is 5.67. The van der Waals surface area contributed by atoms with Gasteiger partial charge >= 0.3 is 5.97 Å². The minimum atomic E-state index is -3.62. The molecule has 0 heterocycles. The van der Waals surface area contributed by atoms with Gasteiger partial charge in [0.05, 0.1) is 17.3 Å². The number of carbonyl (C=O) groups excluding carboxylic acids is 1. The number of ether oxygens (including phenoxy) is 1. The smallest absolute Gasteiger partial charge is 0.323 e. The Labute approximate surface area is 163 Å². The molecule has 0 saturated heterocycles. The summed E-state index contributed by atoms with van der Waals surface area (Å²) in [7, 11) is -3.62. The van der Waals surface area contributed by atoms with Crippen LogP contribution in [0.15, 0.2) is 47.4 Å². The fraction of sp³-hybridized carbons (Fsp3) is 0.278. The maximum atomic E-state index is 12.6. The predicted octanol–water partition coefficient (Wildman–Crippen LogP) is 3.40. The number of nitrogens with two attached hydrogens (primary N) is 1. The normalized spacial score (nSPS) is 12.6. The minimum absolute atomic E-state index is 0.141. The molecular formula is C18H19Cl2NO4S. The van der Waals surface area contributed by atoms with Gasteiger partial charge in [0.2, 0.25) is 0 Å². The maximum Gasteiger partial charge on any atom is 0.323 e. The summed E-state index contributed by atoms with van der Waals surface area (Å²) in [6, 6.07) is 10.3. The van der Waals surface area contributed by atoms with Crippen LogP contribution in [0.5, 0.6) is 0 Å². The van der Waals surface area contributed by atoms with Crippen molar-refractivity contribution in [3.8, 4) is 0 Å². The molecule has 0 amide bonds. The Bertz CT molecular complexity index is 862. The van der Waals surface area contributed by atoms with E-state index < -0.39 is 21.8 Å². The largest absolute Gasteiger partial charge is 0.465 e. The average Bonchev–Trinajstić information content (AvgIpc) is 2.59. The van der Waals surface area contributed by atoms with Crippen LogP contribution in [0.3, 0.4) is 0 Å². The highest BCUT2D eigenvalue weighted by Crippen LogP contribution is 2.28. The Kier molecular flexibility index (Phi) is 7.06. The number of hydrogen-bond acceptors (Lipinski definition) is 5. The van der Waals surface area contributed by atoms with Crippen LogP contribution in [-0.4, -0.2) is 27.0 Å². The van der Waals surface area contributed by atoms with Crippen molar-refractivity contribution in [2.45, 2.75) is 30.0 Å². The quantitative estimate of drug-likeness (QED) is 0.700. The first-order valence-corrected chi connectivity index (χ1v) is 10.3. The summed E-state index contributed by atoms with van der Waals surface area (Å²) < 4.78 is 30.1. The van der Waals surface area contributed by atoms with Crippen molar-refractivity contribution in [3.05, 3.63) is 63.6 Å². The molecule has 26 heavy (non-hydrogen) atoms. The molecule has 0 radical (unpaired) electrons. The van der Waals surface area contributed by atoms with Crippen molar-refractivity contribution in [1.82, 2.24) is 0 Å². The fourth-order valence-electron chi connectivity index (χ4n) is 2.36. The Morgan fingerprint density at radius 3 is 2.23 bits per heavy atom. The van der Waals surface area contributed by atoms with Crippen molar-refractivity contribution in [2.75, 3.05) is 6.61 Å². The van der Waals surface area contributed by atoms with Crippen molar-refractivity contribution in [3.63, 3.8) is 0 Å². The van der Waals surface area contributed by atoms with E-state index in [2.05, 4.69) is 0 Å². The van der Waals surface area contributed by atoms with E-state index >= 15 is 0 Å². The molecule has 0 spiro atoms. The molecule has 0 aliphatic heterocycles. The van der Waals surface area contributed by atoms with Gasteiger partial charge in [0.1, 0.15) is 6.04 Å². The zero-order valence-electron chi connectivity index (χ0n) is 14.1. The third-order valence-electron chi connectivity index (χ3n) is 3.72. The lowest BCUT2D eigenvalue weighted by Gasteiger charge is -2.12. The maximum absolute atomic E-state index is 12.6. The summed E-state index contributed by atoms with van der Waals surface area (Å²) in [5, 5.41) is 0.608. The molecule has 140 valence electrons. The van der Waals surface area contributed by atoms with E-state index in [0.717, 1.165) is 5.56 Å². The number of rotatable bonds is 7. The van der Waals surface area contributed by atoms with Gasteiger partial charge in [-0.2, -0.15) is 0 Å². The molecule has 2 rings (SSSR count). The lowest BCUT2D eigenvalue weighted by atomic mass is 10.1. The first kappa shape index (κ1) is 20.7. The van der Waals surface area contributed by atoms with Gasteiger partial charge in [0.15, 0.2) is 9.84 Å². The molecule has 5 nitrogen and oxygen atoms in total. The number of sulfone groups is 1. The monoisotopic (exact) mass is 415 g/mol. The zero-order valence-corrected chi connectivity index (χ0v) is 16.4. The summed E-state index contributed by atoms with van der Waals surface area (Å²) in [4.78, 5) is 11.7. The van der Waals surface area contributed by atoms with Gasteiger partial charge in [0.25, 0.3) is 0 Å². The van der Waals surface area contributed by atoms with Gasteiger partial charge in [-0.1, -0.05) is 41.4 Å². The van der Waals surface area contributed by atoms with Gasteiger partial charge < -0.3 is 10.5 Å². The average molecular weight is 416 g/mol. The van der Waals surface area contributed by atoms with Gasteiger partial charge in [-0.05, 0) is 43.2 Å². The Balaban J connectivity index is 2.15. The molecule has 2 aromatic rings. The number of halogens is 2. The molecule has 0 bridgehead atoms. The minimum Gasteiger partial charge on any atom is -0.465 e. The van der Waals surface area contributed by atoms with Crippen LogP contribution < -0.4 is 5.73 Å².